The Kier molecular flexibility index (Phi) is 5.18. The van der Waals surface area contributed by atoms with Gasteiger partial charge in [0.2, 0.25) is 5.91 Å². The Morgan fingerprint density at radius 2 is 1.68 bits per heavy atom. The number of para-hydroxylation sites is 1. The van der Waals surface area contributed by atoms with Gasteiger partial charge in [0.25, 0.3) is 0 Å². The molecule has 25 heavy (non-hydrogen) atoms. The molecule has 130 valence electrons. The Balaban J connectivity index is 1.63. The molecule has 3 rings (SSSR count). The molecule has 1 atom stereocenters. The first-order valence-corrected chi connectivity index (χ1v) is 8.25. The van der Waals surface area contributed by atoms with Gasteiger partial charge in [0.05, 0.1) is 7.11 Å². The van der Waals surface area contributed by atoms with Crippen LogP contribution < -0.4 is 15.4 Å². The number of amides is 3. The monoisotopic (exact) mass is 339 g/mol. The highest BCUT2D eigenvalue weighted by atomic mass is 16.5. The average molecular weight is 339 g/mol. The van der Waals surface area contributed by atoms with Crippen molar-refractivity contribution in [3.05, 3.63) is 54.6 Å². The molecule has 1 heterocycles. The van der Waals surface area contributed by atoms with Crippen LogP contribution in [0.15, 0.2) is 54.6 Å². The summed E-state index contributed by atoms with van der Waals surface area (Å²) in [4.78, 5) is 26.6. The van der Waals surface area contributed by atoms with Crippen molar-refractivity contribution in [1.82, 2.24) is 4.90 Å². The minimum absolute atomic E-state index is 0.175. The predicted molar refractivity (Wildman–Crippen MR) is 96.8 cm³/mol. The minimum Gasteiger partial charge on any atom is -0.497 e. The molecule has 0 saturated carbocycles. The summed E-state index contributed by atoms with van der Waals surface area (Å²) in [5.74, 6) is 0.550. The van der Waals surface area contributed by atoms with E-state index in [1.807, 2.05) is 30.3 Å². The molecular formula is C19H21N3O3. The third-order valence-corrected chi connectivity index (χ3v) is 4.20. The minimum atomic E-state index is -0.467. The van der Waals surface area contributed by atoms with Crippen LogP contribution in [0.2, 0.25) is 0 Å². The van der Waals surface area contributed by atoms with E-state index in [0.29, 0.717) is 24.3 Å². The number of carbonyl (C=O) groups excluding carboxylic acids is 2. The Hall–Kier alpha value is -3.02. The summed E-state index contributed by atoms with van der Waals surface area (Å²) in [6.07, 6.45) is 1.47. The van der Waals surface area contributed by atoms with E-state index in [9.17, 15) is 9.59 Å². The van der Waals surface area contributed by atoms with Gasteiger partial charge in [0.1, 0.15) is 11.8 Å². The Morgan fingerprint density at radius 3 is 2.36 bits per heavy atom. The van der Waals surface area contributed by atoms with Gasteiger partial charge in [-0.25, -0.2) is 4.79 Å². The highest BCUT2D eigenvalue weighted by Gasteiger charge is 2.34. The van der Waals surface area contributed by atoms with Gasteiger partial charge in [0.15, 0.2) is 0 Å². The molecule has 0 spiro atoms. The summed E-state index contributed by atoms with van der Waals surface area (Å²) in [7, 11) is 1.59. The maximum Gasteiger partial charge on any atom is 0.322 e. The van der Waals surface area contributed by atoms with Crippen molar-refractivity contribution < 1.29 is 14.3 Å². The fourth-order valence-electron chi connectivity index (χ4n) is 2.90. The lowest BCUT2D eigenvalue weighted by molar-refractivity contribution is -0.119. The summed E-state index contributed by atoms with van der Waals surface area (Å²) in [6.45, 7) is 0.569. The molecule has 1 aliphatic heterocycles. The number of urea groups is 1. The maximum atomic E-state index is 12.6. The van der Waals surface area contributed by atoms with Gasteiger partial charge in [0, 0.05) is 17.9 Å². The third-order valence-electron chi connectivity index (χ3n) is 4.20. The molecule has 0 aromatic heterocycles. The normalized spacial score (nSPS) is 16.4. The van der Waals surface area contributed by atoms with Crippen molar-refractivity contribution in [1.29, 1.82) is 0 Å². The summed E-state index contributed by atoms with van der Waals surface area (Å²) >= 11 is 0. The van der Waals surface area contributed by atoms with Gasteiger partial charge in [-0.2, -0.15) is 0 Å². The molecule has 0 unspecified atom stereocenters. The second-order valence-electron chi connectivity index (χ2n) is 5.87. The first kappa shape index (κ1) is 16.8. The Bertz CT molecular complexity index is 731. The molecule has 0 radical (unpaired) electrons. The largest absolute Gasteiger partial charge is 0.497 e. The molecule has 2 N–H and O–H groups in total. The predicted octanol–water partition coefficient (Wildman–Crippen LogP) is 3.33. The lowest BCUT2D eigenvalue weighted by Crippen LogP contribution is -2.45. The third kappa shape index (κ3) is 4.09. The van der Waals surface area contributed by atoms with Crippen LogP contribution >= 0.6 is 0 Å². The number of benzene rings is 2. The van der Waals surface area contributed by atoms with Crippen LogP contribution in [0.1, 0.15) is 12.8 Å². The highest BCUT2D eigenvalue weighted by Crippen LogP contribution is 2.21. The fourth-order valence-corrected chi connectivity index (χ4v) is 2.90. The van der Waals surface area contributed by atoms with E-state index >= 15 is 0 Å². The molecule has 2 aromatic rings. The number of nitrogens with one attached hydrogen (secondary N) is 2. The van der Waals surface area contributed by atoms with Crippen molar-refractivity contribution in [2.45, 2.75) is 18.9 Å². The Morgan fingerprint density at radius 1 is 1.00 bits per heavy atom. The van der Waals surface area contributed by atoms with Gasteiger partial charge in [-0.1, -0.05) is 18.2 Å². The van der Waals surface area contributed by atoms with E-state index in [-0.39, 0.29) is 11.9 Å². The van der Waals surface area contributed by atoms with Crippen molar-refractivity contribution in [3.63, 3.8) is 0 Å². The lowest BCUT2D eigenvalue weighted by Gasteiger charge is -2.24. The van der Waals surface area contributed by atoms with E-state index in [1.54, 1.807) is 36.3 Å². The lowest BCUT2D eigenvalue weighted by atomic mass is 10.2. The number of rotatable bonds is 4. The van der Waals surface area contributed by atoms with Crippen molar-refractivity contribution >= 4 is 23.3 Å². The number of ether oxygens (including phenoxy) is 1. The van der Waals surface area contributed by atoms with Crippen LogP contribution in [0.4, 0.5) is 16.2 Å². The van der Waals surface area contributed by atoms with Crippen LogP contribution in [0.5, 0.6) is 5.75 Å². The van der Waals surface area contributed by atoms with Crippen LogP contribution in [-0.4, -0.2) is 36.5 Å². The number of nitrogens with zero attached hydrogens (tertiary/aromatic N) is 1. The zero-order valence-electron chi connectivity index (χ0n) is 14.1. The molecule has 0 aliphatic carbocycles. The number of methoxy groups -OCH3 is 1. The molecule has 3 amide bonds. The summed E-state index contributed by atoms with van der Waals surface area (Å²) in [5, 5.41) is 5.71. The van der Waals surface area contributed by atoms with Gasteiger partial charge in [-0.15, -0.1) is 0 Å². The zero-order valence-corrected chi connectivity index (χ0v) is 14.1. The molecule has 1 aliphatic rings. The number of anilines is 2. The van der Waals surface area contributed by atoms with Gasteiger partial charge in [-0.05, 0) is 49.2 Å². The molecule has 0 bridgehead atoms. The number of likely N-dealkylation sites (tertiary alicyclic amines) is 1. The topological polar surface area (TPSA) is 70.7 Å². The summed E-state index contributed by atoms with van der Waals surface area (Å²) in [6, 6.07) is 15.6. The molecule has 1 fully saturated rings. The smallest absolute Gasteiger partial charge is 0.322 e. The zero-order chi connectivity index (χ0) is 17.6. The van der Waals surface area contributed by atoms with E-state index in [4.69, 9.17) is 4.74 Å². The first-order chi connectivity index (χ1) is 12.2. The van der Waals surface area contributed by atoms with Crippen molar-refractivity contribution in [2.24, 2.45) is 0 Å². The van der Waals surface area contributed by atoms with E-state index in [2.05, 4.69) is 10.6 Å². The second kappa shape index (κ2) is 7.70. The SMILES string of the molecule is COc1ccc(NC(=O)[C@H]2CCCN2C(=O)Nc2ccccc2)cc1. The highest BCUT2D eigenvalue weighted by molar-refractivity contribution is 5.99. The first-order valence-electron chi connectivity index (χ1n) is 8.25. The van der Waals surface area contributed by atoms with E-state index in [1.165, 1.54) is 0 Å². The second-order valence-corrected chi connectivity index (χ2v) is 5.87. The van der Waals surface area contributed by atoms with Crippen LogP contribution in [0, 0.1) is 0 Å². The van der Waals surface area contributed by atoms with Gasteiger partial charge < -0.3 is 20.3 Å². The molecule has 1 saturated heterocycles. The summed E-state index contributed by atoms with van der Waals surface area (Å²) in [5.41, 5.74) is 1.40. The van der Waals surface area contributed by atoms with E-state index in [0.717, 1.165) is 12.2 Å². The molecule has 2 aromatic carbocycles. The van der Waals surface area contributed by atoms with Gasteiger partial charge in [-0.3, -0.25) is 4.79 Å². The maximum absolute atomic E-state index is 12.6. The number of carbonyl (C=O) groups is 2. The molecule has 6 heteroatoms. The van der Waals surface area contributed by atoms with Crippen LogP contribution in [0.25, 0.3) is 0 Å². The molecular weight excluding hydrogens is 318 g/mol. The van der Waals surface area contributed by atoms with Crippen LogP contribution in [0.3, 0.4) is 0 Å². The van der Waals surface area contributed by atoms with E-state index < -0.39 is 6.04 Å². The summed E-state index contributed by atoms with van der Waals surface area (Å²) < 4.78 is 5.11. The number of hydrogen-bond acceptors (Lipinski definition) is 3. The quantitative estimate of drug-likeness (QED) is 0.897. The van der Waals surface area contributed by atoms with Gasteiger partial charge >= 0.3 is 6.03 Å². The molecule has 6 nitrogen and oxygen atoms in total. The van der Waals surface area contributed by atoms with Crippen molar-refractivity contribution in [3.8, 4) is 5.75 Å². The Labute approximate surface area is 146 Å². The standard InChI is InChI=1S/C19H21N3O3/c1-25-16-11-9-15(10-12-16)20-18(23)17-8-5-13-22(17)19(24)21-14-6-3-2-4-7-14/h2-4,6-7,9-12,17H,5,8,13H2,1H3,(H,20,23)(H,21,24)/t17-/m1/s1. The number of hydrogen-bond donors (Lipinski definition) is 2. The fraction of sp³-hybridized carbons (Fsp3) is 0.263. The van der Waals surface area contributed by atoms with Crippen LogP contribution in [-0.2, 0) is 4.79 Å². The average Bonchev–Trinajstić information content (AvgIpc) is 3.13. The van der Waals surface area contributed by atoms with Crippen molar-refractivity contribution in [2.75, 3.05) is 24.3 Å².